The molecule has 2 aromatic carbocycles. The van der Waals surface area contributed by atoms with Crippen LogP contribution in [0, 0.1) is 5.82 Å². The summed E-state index contributed by atoms with van der Waals surface area (Å²) in [7, 11) is 2.96. The van der Waals surface area contributed by atoms with E-state index in [-0.39, 0.29) is 10.2 Å². The molecule has 0 radical (unpaired) electrons. The first kappa shape index (κ1) is 21.1. The second kappa shape index (κ2) is 9.76. The molecule has 0 aliphatic rings. The number of methoxy groups -OCH3 is 1. The van der Waals surface area contributed by atoms with E-state index in [4.69, 9.17) is 4.74 Å². The number of thioether (sulfide) groups is 1. The minimum atomic E-state index is -0.510. The Kier molecular flexibility index (Phi) is 7.11. The molecular formula is C21H19BrFN3O2S. The van der Waals surface area contributed by atoms with Gasteiger partial charge in [-0.1, -0.05) is 30.3 Å². The van der Waals surface area contributed by atoms with Gasteiger partial charge in [0.1, 0.15) is 17.4 Å². The van der Waals surface area contributed by atoms with Gasteiger partial charge in [-0.2, -0.15) is 0 Å². The minimum absolute atomic E-state index is 0.246. The molecule has 0 unspecified atom stereocenters. The highest BCUT2D eigenvalue weighted by atomic mass is 79.9. The number of hydrogen-bond acceptors (Lipinski definition) is 4. The molecular weight excluding hydrogens is 457 g/mol. The van der Waals surface area contributed by atoms with Crippen molar-refractivity contribution >= 4 is 45.2 Å². The third-order valence-corrected chi connectivity index (χ3v) is 5.74. The zero-order chi connectivity index (χ0) is 20.8. The van der Waals surface area contributed by atoms with E-state index in [0.29, 0.717) is 11.6 Å². The number of hydrogen-bond donors (Lipinski definition) is 1. The van der Waals surface area contributed by atoms with Crippen LogP contribution in [0.4, 0.5) is 20.7 Å². The first-order valence-electron chi connectivity index (χ1n) is 8.71. The van der Waals surface area contributed by atoms with Gasteiger partial charge in [0.2, 0.25) is 0 Å². The standard InChI is InChI=1S/C21H19BrFN3O2S/c1-24-21(27)26(18-11-17(23)16(22)10-19(18)28-2)20-9-8-15(12-25-20)29-13-14-6-4-3-5-7-14/h3-12H,13H2,1-2H3,(H,24,27). The summed E-state index contributed by atoms with van der Waals surface area (Å²) in [6.07, 6.45) is 1.70. The molecule has 2 amide bonds. The van der Waals surface area contributed by atoms with Gasteiger partial charge in [-0.05, 0) is 39.7 Å². The Morgan fingerprint density at radius 2 is 2.00 bits per heavy atom. The Bertz CT molecular complexity index is 987. The van der Waals surface area contributed by atoms with Gasteiger partial charge >= 0.3 is 6.03 Å². The van der Waals surface area contributed by atoms with Gasteiger partial charge in [0, 0.05) is 30.0 Å². The highest BCUT2D eigenvalue weighted by Crippen LogP contribution is 2.37. The number of nitrogens with zero attached hydrogens (tertiary/aromatic N) is 2. The smallest absolute Gasteiger partial charge is 0.327 e. The van der Waals surface area contributed by atoms with Gasteiger partial charge in [0.15, 0.2) is 0 Å². The molecule has 0 aliphatic carbocycles. The maximum atomic E-state index is 14.2. The number of urea groups is 1. The van der Waals surface area contributed by atoms with Crippen LogP contribution in [-0.2, 0) is 5.75 Å². The summed E-state index contributed by atoms with van der Waals surface area (Å²) in [4.78, 5) is 19.2. The fourth-order valence-corrected chi connectivity index (χ4v) is 3.78. The zero-order valence-electron chi connectivity index (χ0n) is 15.9. The highest BCUT2D eigenvalue weighted by molar-refractivity contribution is 9.10. The number of halogens is 2. The first-order chi connectivity index (χ1) is 14.0. The van der Waals surface area contributed by atoms with Gasteiger partial charge in [-0.25, -0.2) is 19.1 Å². The first-order valence-corrected chi connectivity index (χ1v) is 10.5. The van der Waals surface area contributed by atoms with Gasteiger partial charge < -0.3 is 10.1 Å². The second-order valence-electron chi connectivity index (χ2n) is 5.96. The number of benzene rings is 2. The van der Waals surface area contributed by atoms with Crippen LogP contribution in [0.5, 0.6) is 5.75 Å². The molecule has 1 aromatic heterocycles. The van der Waals surface area contributed by atoms with Crippen molar-refractivity contribution in [3.8, 4) is 5.75 Å². The topological polar surface area (TPSA) is 54.5 Å². The van der Waals surface area contributed by atoms with Crippen LogP contribution < -0.4 is 15.0 Å². The number of rotatable bonds is 6. The summed E-state index contributed by atoms with van der Waals surface area (Å²) in [5, 5.41) is 2.56. The van der Waals surface area contributed by atoms with Crippen molar-refractivity contribution in [2.75, 3.05) is 19.1 Å². The van der Waals surface area contributed by atoms with Crippen LogP contribution in [-0.4, -0.2) is 25.2 Å². The van der Waals surface area contributed by atoms with E-state index < -0.39 is 11.8 Å². The average Bonchev–Trinajstić information content (AvgIpc) is 2.76. The van der Waals surface area contributed by atoms with Crippen LogP contribution in [0.15, 0.2) is 70.2 Å². The normalized spacial score (nSPS) is 10.5. The lowest BCUT2D eigenvalue weighted by molar-refractivity contribution is 0.250. The molecule has 0 spiro atoms. The molecule has 0 atom stereocenters. The van der Waals surface area contributed by atoms with Gasteiger partial charge in [-0.15, -0.1) is 11.8 Å². The maximum Gasteiger partial charge on any atom is 0.327 e. The average molecular weight is 476 g/mol. The highest BCUT2D eigenvalue weighted by Gasteiger charge is 2.23. The maximum absolute atomic E-state index is 14.2. The molecule has 1 heterocycles. The molecule has 1 N–H and O–H groups in total. The van der Waals surface area contributed by atoms with E-state index in [1.807, 2.05) is 24.3 Å². The summed E-state index contributed by atoms with van der Waals surface area (Å²) in [5.41, 5.74) is 1.47. The number of anilines is 2. The monoisotopic (exact) mass is 475 g/mol. The number of carbonyl (C=O) groups is 1. The van der Waals surface area contributed by atoms with Crippen LogP contribution in [0.25, 0.3) is 0 Å². The van der Waals surface area contributed by atoms with Crippen LogP contribution in [0.3, 0.4) is 0 Å². The SMILES string of the molecule is CNC(=O)N(c1ccc(SCc2ccccc2)cn1)c1cc(F)c(Br)cc1OC. The van der Waals surface area contributed by atoms with Gasteiger partial charge in [-0.3, -0.25) is 0 Å². The van der Waals surface area contributed by atoms with Crippen molar-refractivity contribution in [1.29, 1.82) is 0 Å². The molecule has 0 saturated carbocycles. The van der Waals surface area contributed by atoms with Crippen molar-refractivity contribution in [2.45, 2.75) is 10.6 Å². The summed E-state index contributed by atoms with van der Waals surface area (Å²) in [6, 6.07) is 16.0. The predicted molar refractivity (Wildman–Crippen MR) is 117 cm³/mol. The quantitative estimate of drug-likeness (QED) is 0.460. The molecule has 3 aromatic rings. The van der Waals surface area contributed by atoms with Crippen LogP contribution >= 0.6 is 27.7 Å². The zero-order valence-corrected chi connectivity index (χ0v) is 18.3. The van der Waals surface area contributed by atoms with Crippen molar-refractivity contribution < 1.29 is 13.9 Å². The lowest BCUT2D eigenvalue weighted by atomic mass is 10.2. The van der Waals surface area contributed by atoms with E-state index in [0.717, 1.165) is 10.6 Å². The van der Waals surface area contributed by atoms with Gasteiger partial charge in [0.05, 0.1) is 17.3 Å². The fraction of sp³-hybridized carbons (Fsp3) is 0.143. The van der Waals surface area contributed by atoms with Crippen molar-refractivity contribution in [3.05, 3.63) is 76.6 Å². The molecule has 0 saturated heterocycles. The van der Waals surface area contributed by atoms with E-state index in [1.54, 1.807) is 24.0 Å². The van der Waals surface area contributed by atoms with Crippen molar-refractivity contribution in [2.24, 2.45) is 0 Å². The Morgan fingerprint density at radius 3 is 2.62 bits per heavy atom. The molecule has 29 heavy (non-hydrogen) atoms. The van der Waals surface area contributed by atoms with Crippen LogP contribution in [0.2, 0.25) is 0 Å². The number of aromatic nitrogens is 1. The Balaban J connectivity index is 1.88. The lowest BCUT2D eigenvalue weighted by Crippen LogP contribution is -2.35. The number of carbonyl (C=O) groups excluding carboxylic acids is 1. The molecule has 8 heteroatoms. The Morgan fingerprint density at radius 1 is 1.24 bits per heavy atom. The largest absolute Gasteiger partial charge is 0.495 e. The Labute approximate surface area is 181 Å². The third kappa shape index (κ3) is 5.07. The van der Waals surface area contributed by atoms with E-state index in [1.165, 1.54) is 36.8 Å². The van der Waals surface area contributed by atoms with E-state index in [2.05, 4.69) is 38.4 Å². The third-order valence-electron chi connectivity index (χ3n) is 4.08. The Hall–Kier alpha value is -2.58. The van der Waals surface area contributed by atoms with Crippen molar-refractivity contribution in [1.82, 2.24) is 10.3 Å². The van der Waals surface area contributed by atoms with Crippen LogP contribution in [0.1, 0.15) is 5.56 Å². The number of nitrogens with one attached hydrogen (secondary N) is 1. The summed E-state index contributed by atoms with van der Waals surface area (Å²) in [6.45, 7) is 0. The van der Waals surface area contributed by atoms with E-state index >= 15 is 0 Å². The van der Waals surface area contributed by atoms with Gasteiger partial charge in [0.25, 0.3) is 0 Å². The molecule has 5 nitrogen and oxygen atoms in total. The van der Waals surface area contributed by atoms with Crippen molar-refractivity contribution in [3.63, 3.8) is 0 Å². The number of ether oxygens (including phenoxy) is 1. The van der Waals surface area contributed by atoms with E-state index in [9.17, 15) is 9.18 Å². The predicted octanol–water partition coefficient (Wildman–Crippen LogP) is 5.76. The summed E-state index contributed by atoms with van der Waals surface area (Å²) >= 11 is 4.78. The molecule has 0 bridgehead atoms. The fourth-order valence-electron chi connectivity index (χ4n) is 2.64. The number of pyridine rings is 1. The minimum Gasteiger partial charge on any atom is -0.495 e. The molecule has 3 rings (SSSR count). The molecule has 150 valence electrons. The lowest BCUT2D eigenvalue weighted by Gasteiger charge is -2.23. The molecule has 0 aliphatic heterocycles. The molecule has 0 fully saturated rings. The summed E-state index contributed by atoms with van der Waals surface area (Å²) in [5.74, 6) is 0.997. The second-order valence-corrected chi connectivity index (χ2v) is 7.86. The summed E-state index contributed by atoms with van der Waals surface area (Å²) < 4.78 is 19.8. The number of amides is 2.